The molecule has 1 aliphatic carbocycles. The Labute approximate surface area is 169 Å². The van der Waals surface area contributed by atoms with E-state index >= 15 is 8.78 Å². The summed E-state index contributed by atoms with van der Waals surface area (Å²) in [6.07, 6.45) is 2.45. The highest BCUT2D eigenvalue weighted by Gasteiger charge is 2.40. The van der Waals surface area contributed by atoms with Gasteiger partial charge in [0.15, 0.2) is 17.5 Å². The molecule has 1 aromatic carbocycles. The van der Waals surface area contributed by atoms with Crippen molar-refractivity contribution in [1.29, 1.82) is 0 Å². The molecule has 1 saturated carbocycles. The molecule has 0 spiro atoms. The van der Waals surface area contributed by atoms with Crippen LogP contribution in [0.5, 0.6) is 0 Å². The van der Waals surface area contributed by atoms with E-state index in [1.165, 1.54) is 9.47 Å². The highest BCUT2D eigenvalue weighted by molar-refractivity contribution is 5.94. The molecule has 2 aliphatic rings. The molecule has 1 aliphatic heterocycles. The van der Waals surface area contributed by atoms with Crippen LogP contribution in [0.15, 0.2) is 11.0 Å². The smallest absolute Gasteiger partial charge is 0.341 e. The maximum atomic E-state index is 15.6. The number of aromatic nitrogens is 1. The summed E-state index contributed by atoms with van der Waals surface area (Å²) in [5.74, 6) is -5.85. The van der Waals surface area contributed by atoms with Crippen LogP contribution in [0.2, 0.25) is 0 Å². The van der Waals surface area contributed by atoms with Gasteiger partial charge in [-0.25, -0.2) is 18.0 Å². The molecule has 1 aromatic heterocycles. The Kier molecular flexibility index (Phi) is 4.81. The molecule has 4 rings (SSSR count). The summed E-state index contributed by atoms with van der Waals surface area (Å²) in [6.45, 7) is 0.256. The minimum Gasteiger partial charge on any atom is -0.477 e. The van der Waals surface area contributed by atoms with Crippen molar-refractivity contribution in [3.05, 3.63) is 39.4 Å². The Hall–Kier alpha value is -2.59. The van der Waals surface area contributed by atoms with E-state index in [2.05, 4.69) is 0 Å². The van der Waals surface area contributed by atoms with E-state index in [-0.39, 0.29) is 32.1 Å². The Bertz CT molecular complexity index is 1110. The second-order valence-electron chi connectivity index (χ2n) is 8.46. The number of likely N-dealkylation sites (N-methyl/N-ethyl adjacent to an activating group) is 1. The lowest BCUT2D eigenvalue weighted by Gasteiger charge is -2.28. The van der Waals surface area contributed by atoms with Gasteiger partial charge in [0, 0.05) is 31.9 Å². The molecule has 2 aromatic rings. The molecule has 0 bridgehead atoms. The molecule has 7 nitrogen and oxygen atoms in total. The van der Waals surface area contributed by atoms with Crippen molar-refractivity contribution in [3.8, 4) is 0 Å². The Morgan fingerprint density at radius 1 is 1.23 bits per heavy atom. The Morgan fingerprint density at radius 2 is 1.90 bits per heavy atom. The van der Waals surface area contributed by atoms with Gasteiger partial charge in [0.2, 0.25) is 5.43 Å². The number of rotatable bonds is 5. The summed E-state index contributed by atoms with van der Waals surface area (Å²) >= 11 is 0. The van der Waals surface area contributed by atoms with Crippen LogP contribution in [0.4, 0.5) is 18.9 Å². The zero-order valence-corrected chi connectivity index (χ0v) is 16.6. The SMILES string of the molecule is CN(C)CC1(O)CCN(c2c(F)c(F)c3c(=O)c(C(=O)O)cn(C4CC4)c3c2F)C1. The number of fused-ring (bicyclic) bond motifs is 1. The minimum absolute atomic E-state index is 0.101. The van der Waals surface area contributed by atoms with Crippen LogP contribution in [0.3, 0.4) is 0 Å². The Morgan fingerprint density at radius 3 is 2.47 bits per heavy atom. The number of pyridine rings is 1. The summed E-state index contributed by atoms with van der Waals surface area (Å²) < 4.78 is 46.8. The third-order valence-electron chi connectivity index (χ3n) is 5.70. The molecule has 1 saturated heterocycles. The quantitative estimate of drug-likeness (QED) is 0.713. The van der Waals surface area contributed by atoms with Crippen molar-refractivity contribution in [2.45, 2.75) is 30.9 Å². The van der Waals surface area contributed by atoms with E-state index in [1.54, 1.807) is 19.0 Å². The number of aliphatic hydroxyl groups is 1. The van der Waals surface area contributed by atoms with Crippen molar-refractivity contribution in [1.82, 2.24) is 9.47 Å². The zero-order chi connectivity index (χ0) is 22.0. The third-order valence-corrected chi connectivity index (χ3v) is 5.70. The molecule has 0 amide bonds. The monoisotopic (exact) mass is 425 g/mol. The van der Waals surface area contributed by atoms with Gasteiger partial charge in [-0.1, -0.05) is 0 Å². The maximum absolute atomic E-state index is 15.6. The number of β-amino-alcohol motifs (C(OH)–C–C–N with tert-alkyl or cyclic N) is 1. The maximum Gasteiger partial charge on any atom is 0.341 e. The molecule has 1 unspecified atom stereocenters. The fourth-order valence-electron chi connectivity index (χ4n) is 4.32. The van der Waals surface area contributed by atoms with Crippen LogP contribution in [0.1, 0.15) is 35.7 Å². The number of nitrogens with zero attached hydrogens (tertiary/aromatic N) is 3. The van der Waals surface area contributed by atoms with Gasteiger partial charge >= 0.3 is 5.97 Å². The summed E-state index contributed by atoms with van der Waals surface area (Å²) in [5.41, 5.74) is -4.31. The number of anilines is 1. The molecule has 162 valence electrons. The van der Waals surface area contributed by atoms with Gasteiger partial charge in [-0.3, -0.25) is 4.79 Å². The molecule has 30 heavy (non-hydrogen) atoms. The van der Waals surface area contributed by atoms with E-state index in [9.17, 15) is 24.2 Å². The molecule has 2 N–H and O–H groups in total. The minimum atomic E-state index is -1.59. The van der Waals surface area contributed by atoms with Crippen molar-refractivity contribution in [2.75, 3.05) is 38.6 Å². The first-order chi connectivity index (χ1) is 14.0. The van der Waals surface area contributed by atoms with Crippen LogP contribution >= 0.6 is 0 Å². The second-order valence-corrected chi connectivity index (χ2v) is 8.46. The molecule has 2 fully saturated rings. The number of benzene rings is 1. The number of aromatic carboxylic acids is 1. The number of halogens is 3. The van der Waals surface area contributed by atoms with Crippen LogP contribution in [0, 0.1) is 17.5 Å². The van der Waals surface area contributed by atoms with Crippen molar-refractivity contribution in [2.24, 2.45) is 0 Å². The normalized spacial score (nSPS) is 21.8. The lowest BCUT2D eigenvalue weighted by atomic mass is 10.0. The topological polar surface area (TPSA) is 86.0 Å². The standard InChI is InChI=1S/C20H22F3N3O4/c1-24(2)8-20(30)5-6-25(9-20)17-14(22)13(21)12-16(15(17)23)26(10-3-4-10)7-11(18(12)27)19(28)29/h7,10,30H,3-6,8-9H2,1-2H3,(H,28,29). The van der Waals surface area contributed by atoms with E-state index in [0.717, 1.165) is 6.20 Å². The first kappa shape index (κ1) is 20.7. The van der Waals surface area contributed by atoms with E-state index < -0.39 is 56.6 Å². The van der Waals surface area contributed by atoms with Crippen LogP contribution in [-0.2, 0) is 0 Å². The lowest BCUT2D eigenvalue weighted by molar-refractivity contribution is 0.0365. The average Bonchev–Trinajstić information content (AvgIpc) is 3.42. The van der Waals surface area contributed by atoms with Gasteiger partial charge in [-0.15, -0.1) is 0 Å². The number of carboxylic acid groups (broad SMARTS) is 1. The molecule has 10 heteroatoms. The fourth-order valence-corrected chi connectivity index (χ4v) is 4.32. The van der Waals surface area contributed by atoms with Crippen molar-refractivity contribution >= 4 is 22.6 Å². The predicted octanol–water partition coefficient (Wildman–Crippen LogP) is 1.95. The van der Waals surface area contributed by atoms with Crippen molar-refractivity contribution < 1.29 is 28.2 Å². The van der Waals surface area contributed by atoms with Gasteiger partial charge in [0.1, 0.15) is 11.3 Å². The van der Waals surface area contributed by atoms with Crippen molar-refractivity contribution in [3.63, 3.8) is 0 Å². The van der Waals surface area contributed by atoms with Gasteiger partial charge < -0.3 is 24.6 Å². The molecular formula is C20H22F3N3O4. The Balaban J connectivity index is 1.94. The first-order valence-electron chi connectivity index (χ1n) is 9.64. The summed E-state index contributed by atoms with van der Waals surface area (Å²) in [7, 11) is 3.51. The van der Waals surface area contributed by atoms with E-state index in [0.29, 0.717) is 12.8 Å². The molecule has 1 atom stereocenters. The molecular weight excluding hydrogens is 403 g/mol. The van der Waals surface area contributed by atoms with E-state index in [4.69, 9.17) is 0 Å². The number of hydrogen-bond acceptors (Lipinski definition) is 5. The summed E-state index contributed by atoms with van der Waals surface area (Å²) in [6, 6.07) is -0.289. The molecule has 2 heterocycles. The second kappa shape index (κ2) is 6.98. The van der Waals surface area contributed by atoms with Gasteiger partial charge in [0.25, 0.3) is 0 Å². The van der Waals surface area contributed by atoms with Crippen LogP contribution in [-0.4, -0.2) is 65.0 Å². The number of carboxylic acids is 1. The third kappa shape index (κ3) is 3.24. The van der Waals surface area contributed by atoms with Gasteiger partial charge in [-0.05, 0) is 33.4 Å². The number of carbonyl (C=O) groups is 1. The fraction of sp³-hybridized carbons (Fsp3) is 0.500. The van der Waals surface area contributed by atoms with Gasteiger partial charge in [-0.2, -0.15) is 0 Å². The average molecular weight is 425 g/mol. The first-order valence-corrected chi connectivity index (χ1v) is 9.64. The zero-order valence-electron chi connectivity index (χ0n) is 16.6. The highest BCUT2D eigenvalue weighted by Crippen LogP contribution is 2.41. The predicted molar refractivity (Wildman–Crippen MR) is 104 cm³/mol. The van der Waals surface area contributed by atoms with Crippen LogP contribution in [0.25, 0.3) is 10.9 Å². The van der Waals surface area contributed by atoms with E-state index in [1.807, 2.05) is 0 Å². The largest absolute Gasteiger partial charge is 0.477 e. The highest BCUT2D eigenvalue weighted by atomic mass is 19.2. The summed E-state index contributed by atoms with van der Waals surface area (Å²) in [5, 5.41) is 19.1. The van der Waals surface area contributed by atoms with Gasteiger partial charge in [0.05, 0.1) is 16.5 Å². The lowest BCUT2D eigenvalue weighted by Crippen LogP contribution is -2.42. The number of hydrogen-bond donors (Lipinski definition) is 2. The van der Waals surface area contributed by atoms with Crippen LogP contribution < -0.4 is 10.3 Å². The summed E-state index contributed by atoms with van der Waals surface area (Å²) in [4.78, 5) is 26.9. The molecule has 0 radical (unpaired) electrons.